The van der Waals surface area contributed by atoms with Crippen molar-refractivity contribution in [2.45, 2.75) is 11.7 Å². The number of thioether (sulfide) groups is 1. The lowest BCUT2D eigenvalue weighted by Gasteiger charge is -2.11. The summed E-state index contributed by atoms with van der Waals surface area (Å²) in [6, 6.07) is 20.9. The van der Waals surface area contributed by atoms with Crippen LogP contribution in [-0.2, 0) is 6.54 Å². The summed E-state index contributed by atoms with van der Waals surface area (Å²) < 4.78 is 20.7. The van der Waals surface area contributed by atoms with Crippen molar-refractivity contribution < 1.29 is 13.9 Å². The Morgan fingerprint density at radius 3 is 2.44 bits per heavy atom. The summed E-state index contributed by atoms with van der Waals surface area (Å²) in [6.45, 7) is 0.197. The Kier molecular flexibility index (Phi) is 6.51. The molecule has 3 aromatic carbocycles. The lowest BCUT2D eigenvalue weighted by Crippen LogP contribution is -2.24. The predicted molar refractivity (Wildman–Crippen MR) is 123 cm³/mol. The van der Waals surface area contributed by atoms with Gasteiger partial charge in [-0.05, 0) is 65.9 Å². The first-order valence-electron chi connectivity index (χ1n) is 9.86. The van der Waals surface area contributed by atoms with Crippen LogP contribution in [0, 0.1) is 5.82 Å². The minimum atomic E-state index is -0.320. The number of nitrogens with zero attached hydrogens (tertiary/aromatic N) is 3. The Morgan fingerprint density at radius 1 is 1.03 bits per heavy atom. The molecule has 1 amide bonds. The highest BCUT2D eigenvalue weighted by atomic mass is 32.2. The molecule has 0 unspecified atom stereocenters. The summed E-state index contributed by atoms with van der Waals surface area (Å²) in [5.74, 6) is 0.785. The molecule has 8 heteroatoms. The van der Waals surface area contributed by atoms with Crippen molar-refractivity contribution in [1.29, 1.82) is 0 Å². The number of amides is 1. The Bertz CT molecular complexity index is 1240. The second kappa shape index (κ2) is 9.65. The van der Waals surface area contributed by atoms with Crippen LogP contribution in [0.4, 0.5) is 4.39 Å². The molecule has 0 fully saturated rings. The molecule has 1 N–H and O–H groups in total. The number of methoxy groups -OCH3 is 1. The fraction of sp³-hybridized carbons (Fsp3) is 0.125. The molecule has 0 aliphatic carbocycles. The van der Waals surface area contributed by atoms with E-state index in [-0.39, 0.29) is 18.3 Å². The highest BCUT2D eigenvalue weighted by Gasteiger charge is 2.15. The van der Waals surface area contributed by atoms with Crippen LogP contribution in [0.5, 0.6) is 5.75 Å². The number of benzene rings is 3. The Morgan fingerprint density at radius 2 is 1.75 bits per heavy atom. The van der Waals surface area contributed by atoms with E-state index < -0.39 is 0 Å². The minimum absolute atomic E-state index is 0.197. The molecule has 0 saturated heterocycles. The monoisotopic (exact) mass is 448 g/mol. The molecule has 0 radical (unpaired) electrons. The zero-order valence-corrected chi connectivity index (χ0v) is 18.4. The number of ether oxygens (including phenoxy) is 1. The molecular formula is C24H21FN4O2S. The highest BCUT2D eigenvalue weighted by molar-refractivity contribution is 7.98. The smallest absolute Gasteiger partial charge is 0.251 e. The summed E-state index contributed by atoms with van der Waals surface area (Å²) in [6.07, 6.45) is 1.92. The van der Waals surface area contributed by atoms with Crippen LogP contribution in [0.2, 0.25) is 0 Å². The van der Waals surface area contributed by atoms with Crippen LogP contribution in [0.3, 0.4) is 0 Å². The lowest BCUT2D eigenvalue weighted by molar-refractivity contribution is 0.0949. The minimum Gasteiger partial charge on any atom is -0.497 e. The van der Waals surface area contributed by atoms with E-state index in [9.17, 15) is 9.18 Å². The first kappa shape index (κ1) is 21.6. The Hall–Kier alpha value is -3.65. The number of carbonyl (C=O) groups is 1. The lowest BCUT2D eigenvalue weighted by atomic mass is 10.0. The fourth-order valence-electron chi connectivity index (χ4n) is 3.31. The third-order valence-electron chi connectivity index (χ3n) is 4.90. The maximum absolute atomic E-state index is 13.6. The predicted octanol–water partition coefficient (Wildman–Crippen LogP) is 4.73. The molecule has 0 saturated carbocycles. The largest absolute Gasteiger partial charge is 0.497 e. The van der Waals surface area contributed by atoms with Gasteiger partial charge in [-0.1, -0.05) is 36.0 Å². The summed E-state index contributed by atoms with van der Waals surface area (Å²) in [5, 5.41) is 12.1. The molecule has 0 spiro atoms. The number of hydrogen-bond donors (Lipinski definition) is 1. The molecule has 0 atom stereocenters. The number of carbonyl (C=O) groups excluding carboxylic acids is 1. The molecule has 0 aliphatic heterocycles. The van der Waals surface area contributed by atoms with Crippen molar-refractivity contribution in [2.75, 3.05) is 13.4 Å². The van der Waals surface area contributed by atoms with E-state index >= 15 is 0 Å². The number of nitrogens with one attached hydrogen (secondary N) is 1. The summed E-state index contributed by atoms with van der Waals surface area (Å²) >= 11 is 1.47. The number of rotatable bonds is 7. The van der Waals surface area contributed by atoms with Gasteiger partial charge in [-0.15, -0.1) is 10.2 Å². The maximum atomic E-state index is 13.6. The van der Waals surface area contributed by atoms with Crippen LogP contribution in [0.1, 0.15) is 16.2 Å². The average molecular weight is 449 g/mol. The van der Waals surface area contributed by atoms with Crippen molar-refractivity contribution in [2.24, 2.45) is 0 Å². The summed E-state index contributed by atoms with van der Waals surface area (Å²) in [5.41, 5.74) is 2.83. The standard InChI is InChI=1S/C24H21FN4O2S/c1-31-21-11-9-20(10-12-21)29-22(27-28-24(29)32-2)15-26-23(30)18-7-3-5-16(13-18)17-6-4-8-19(25)14-17/h3-14H,15H2,1-2H3,(H,26,30). The zero-order valence-electron chi connectivity index (χ0n) is 17.6. The van der Waals surface area contributed by atoms with Gasteiger partial charge in [-0.25, -0.2) is 4.39 Å². The quantitative estimate of drug-likeness (QED) is 0.414. The normalized spacial score (nSPS) is 10.7. The van der Waals surface area contributed by atoms with Gasteiger partial charge in [0, 0.05) is 11.3 Å². The van der Waals surface area contributed by atoms with E-state index in [1.165, 1.54) is 23.9 Å². The molecule has 32 heavy (non-hydrogen) atoms. The molecule has 4 rings (SSSR count). The maximum Gasteiger partial charge on any atom is 0.251 e. The SMILES string of the molecule is COc1ccc(-n2c(CNC(=O)c3cccc(-c4cccc(F)c4)c3)nnc2SC)cc1. The average Bonchev–Trinajstić information content (AvgIpc) is 3.25. The molecule has 4 aromatic rings. The third kappa shape index (κ3) is 4.65. The second-order valence-electron chi connectivity index (χ2n) is 6.91. The van der Waals surface area contributed by atoms with Crippen molar-refractivity contribution in [3.8, 4) is 22.6 Å². The third-order valence-corrected chi connectivity index (χ3v) is 5.53. The molecule has 1 heterocycles. The summed E-state index contributed by atoms with van der Waals surface area (Å²) in [7, 11) is 1.62. The van der Waals surface area contributed by atoms with E-state index in [1.807, 2.05) is 41.2 Å². The van der Waals surface area contributed by atoms with Gasteiger partial charge in [0.2, 0.25) is 0 Å². The number of aromatic nitrogens is 3. The van der Waals surface area contributed by atoms with E-state index in [4.69, 9.17) is 4.74 Å². The fourth-order valence-corrected chi connectivity index (χ4v) is 3.82. The molecule has 6 nitrogen and oxygen atoms in total. The molecule has 162 valence electrons. The van der Waals surface area contributed by atoms with Crippen LogP contribution in [-0.4, -0.2) is 34.0 Å². The van der Waals surface area contributed by atoms with Crippen LogP contribution in [0.25, 0.3) is 16.8 Å². The van der Waals surface area contributed by atoms with Crippen LogP contribution < -0.4 is 10.1 Å². The van der Waals surface area contributed by atoms with Crippen molar-refractivity contribution >= 4 is 17.7 Å². The van der Waals surface area contributed by atoms with Gasteiger partial charge < -0.3 is 10.1 Å². The van der Waals surface area contributed by atoms with E-state index in [2.05, 4.69) is 15.5 Å². The second-order valence-corrected chi connectivity index (χ2v) is 7.68. The van der Waals surface area contributed by atoms with E-state index in [1.54, 1.807) is 37.4 Å². The highest BCUT2D eigenvalue weighted by Crippen LogP contribution is 2.23. The zero-order chi connectivity index (χ0) is 22.5. The van der Waals surface area contributed by atoms with Crippen molar-refractivity contribution in [3.05, 3.63) is 90.0 Å². The molecule has 0 bridgehead atoms. The first-order valence-corrected chi connectivity index (χ1v) is 11.1. The molecular weight excluding hydrogens is 427 g/mol. The van der Waals surface area contributed by atoms with Gasteiger partial charge in [0.1, 0.15) is 11.6 Å². The van der Waals surface area contributed by atoms with E-state index in [0.717, 1.165) is 17.0 Å². The number of halogens is 1. The van der Waals surface area contributed by atoms with Crippen LogP contribution in [0.15, 0.2) is 78.0 Å². The molecule has 0 aliphatic rings. The topological polar surface area (TPSA) is 69.0 Å². The van der Waals surface area contributed by atoms with E-state index in [0.29, 0.717) is 22.1 Å². The van der Waals surface area contributed by atoms with Gasteiger partial charge in [-0.3, -0.25) is 9.36 Å². The Labute approximate surface area is 189 Å². The van der Waals surface area contributed by atoms with Gasteiger partial charge in [0.15, 0.2) is 11.0 Å². The number of hydrogen-bond acceptors (Lipinski definition) is 5. The first-order chi connectivity index (χ1) is 15.6. The van der Waals surface area contributed by atoms with Crippen molar-refractivity contribution in [3.63, 3.8) is 0 Å². The molecule has 1 aromatic heterocycles. The van der Waals surface area contributed by atoms with Crippen molar-refractivity contribution in [1.82, 2.24) is 20.1 Å². The van der Waals surface area contributed by atoms with Crippen LogP contribution >= 0.6 is 11.8 Å². The van der Waals surface area contributed by atoms with Gasteiger partial charge in [-0.2, -0.15) is 0 Å². The Balaban J connectivity index is 1.53. The van der Waals surface area contributed by atoms with Gasteiger partial charge in [0.05, 0.1) is 13.7 Å². The van der Waals surface area contributed by atoms with Gasteiger partial charge in [0.25, 0.3) is 5.91 Å². The summed E-state index contributed by atoms with van der Waals surface area (Å²) in [4.78, 5) is 12.8. The van der Waals surface area contributed by atoms with Gasteiger partial charge >= 0.3 is 0 Å².